The molecule has 0 aliphatic heterocycles. The summed E-state index contributed by atoms with van der Waals surface area (Å²) in [7, 11) is 1.61. The summed E-state index contributed by atoms with van der Waals surface area (Å²) >= 11 is 0. The molecular formula is C13H11N3O2. The number of aromatic hydroxyl groups is 1. The number of benzene rings is 1. The highest BCUT2D eigenvalue weighted by atomic mass is 16.5. The molecule has 5 heteroatoms. The average Bonchev–Trinajstić information content (AvgIpc) is 2.84. The Hall–Kier alpha value is -2.56. The number of pyridine rings is 1. The van der Waals surface area contributed by atoms with Crippen LogP contribution in [-0.4, -0.2) is 26.8 Å². The molecular weight excluding hydrogens is 230 g/mol. The van der Waals surface area contributed by atoms with Gasteiger partial charge < -0.3 is 9.84 Å². The quantitative estimate of drug-likeness (QED) is 0.746. The normalized spacial score (nSPS) is 10.7. The van der Waals surface area contributed by atoms with Crippen molar-refractivity contribution in [3.8, 4) is 22.9 Å². The summed E-state index contributed by atoms with van der Waals surface area (Å²) < 4.78 is 7.03. The fraction of sp³-hybridized carbons (Fsp3) is 0.0769. The van der Waals surface area contributed by atoms with Gasteiger partial charge in [0.2, 0.25) is 5.65 Å². The molecule has 0 saturated heterocycles. The lowest BCUT2D eigenvalue weighted by molar-refractivity contribution is 0.416. The Morgan fingerprint density at radius 3 is 2.78 bits per heavy atom. The zero-order chi connectivity index (χ0) is 12.5. The maximum atomic E-state index is 9.70. The first kappa shape index (κ1) is 10.6. The van der Waals surface area contributed by atoms with Gasteiger partial charge in [0, 0.05) is 6.20 Å². The molecule has 18 heavy (non-hydrogen) atoms. The van der Waals surface area contributed by atoms with E-state index < -0.39 is 0 Å². The second-order valence-electron chi connectivity index (χ2n) is 3.81. The largest absolute Gasteiger partial charge is 0.504 e. The standard InChI is InChI=1S/C13H11N3O2/c1-18-11-7-3-2-5-9(11)12-14-15-13-10(17)6-4-8-16(12)13/h2-8,17H,1H3. The van der Waals surface area contributed by atoms with Gasteiger partial charge in [-0.05, 0) is 24.3 Å². The fourth-order valence-electron chi connectivity index (χ4n) is 1.92. The predicted octanol–water partition coefficient (Wildman–Crippen LogP) is 2.11. The van der Waals surface area contributed by atoms with Crippen LogP contribution < -0.4 is 4.74 Å². The number of fused-ring (bicyclic) bond motifs is 1. The minimum Gasteiger partial charge on any atom is -0.504 e. The van der Waals surface area contributed by atoms with Crippen molar-refractivity contribution >= 4 is 5.65 Å². The molecule has 90 valence electrons. The van der Waals surface area contributed by atoms with Crippen LogP contribution in [0.15, 0.2) is 42.6 Å². The van der Waals surface area contributed by atoms with Crippen LogP contribution in [0.3, 0.4) is 0 Å². The number of hydrogen-bond donors (Lipinski definition) is 1. The molecule has 0 aliphatic carbocycles. The van der Waals surface area contributed by atoms with E-state index in [2.05, 4.69) is 10.2 Å². The van der Waals surface area contributed by atoms with E-state index in [1.807, 2.05) is 24.3 Å². The molecule has 0 aliphatic rings. The number of hydrogen-bond acceptors (Lipinski definition) is 4. The van der Waals surface area contributed by atoms with Gasteiger partial charge in [-0.3, -0.25) is 4.40 Å². The summed E-state index contributed by atoms with van der Waals surface area (Å²) in [6.45, 7) is 0. The smallest absolute Gasteiger partial charge is 0.203 e. The summed E-state index contributed by atoms with van der Waals surface area (Å²) in [5.74, 6) is 1.46. The Kier molecular flexibility index (Phi) is 2.37. The van der Waals surface area contributed by atoms with Crippen molar-refractivity contribution in [1.82, 2.24) is 14.6 Å². The highest BCUT2D eigenvalue weighted by molar-refractivity contribution is 5.68. The van der Waals surface area contributed by atoms with Gasteiger partial charge in [-0.1, -0.05) is 12.1 Å². The van der Waals surface area contributed by atoms with E-state index in [1.54, 1.807) is 29.8 Å². The number of para-hydroxylation sites is 1. The van der Waals surface area contributed by atoms with E-state index in [0.717, 1.165) is 11.3 Å². The minimum absolute atomic E-state index is 0.103. The molecule has 5 nitrogen and oxygen atoms in total. The van der Waals surface area contributed by atoms with Crippen LogP contribution in [0.2, 0.25) is 0 Å². The van der Waals surface area contributed by atoms with E-state index in [1.165, 1.54) is 0 Å². The van der Waals surface area contributed by atoms with Crippen molar-refractivity contribution in [2.24, 2.45) is 0 Å². The molecule has 3 aromatic rings. The third kappa shape index (κ3) is 1.48. The molecule has 2 aromatic heterocycles. The van der Waals surface area contributed by atoms with Crippen molar-refractivity contribution in [3.63, 3.8) is 0 Å². The number of rotatable bonds is 2. The van der Waals surface area contributed by atoms with Crippen LogP contribution in [0.1, 0.15) is 0 Å². The first-order valence-corrected chi connectivity index (χ1v) is 5.47. The maximum Gasteiger partial charge on any atom is 0.203 e. The van der Waals surface area contributed by atoms with Gasteiger partial charge in [0.05, 0.1) is 12.7 Å². The molecule has 0 fully saturated rings. The van der Waals surface area contributed by atoms with Crippen LogP contribution in [0.25, 0.3) is 17.0 Å². The monoisotopic (exact) mass is 241 g/mol. The number of nitrogens with zero attached hydrogens (tertiary/aromatic N) is 3. The van der Waals surface area contributed by atoms with Gasteiger partial charge >= 0.3 is 0 Å². The zero-order valence-electron chi connectivity index (χ0n) is 9.74. The molecule has 0 spiro atoms. The SMILES string of the molecule is COc1ccccc1-c1nnc2c(O)cccn12. The summed E-state index contributed by atoms with van der Waals surface area (Å²) in [5, 5.41) is 17.8. The molecule has 3 rings (SSSR count). The lowest BCUT2D eigenvalue weighted by Gasteiger charge is -2.06. The Morgan fingerprint density at radius 2 is 1.94 bits per heavy atom. The van der Waals surface area contributed by atoms with Crippen molar-refractivity contribution < 1.29 is 9.84 Å². The van der Waals surface area contributed by atoms with E-state index in [-0.39, 0.29) is 5.75 Å². The number of aromatic nitrogens is 3. The van der Waals surface area contributed by atoms with E-state index in [0.29, 0.717) is 11.5 Å². The van der Waals surface area contributed by atoms with E-state index >= 15 is 0 Å². The second-order valence-corrected chi connectivity index (χ2v) is 3.81. The topological polar surface area (TPSA) is 59.7 Å². The summed E-state index contributed by atoms with van der Waals surface area (Å²) in [6.07, 6.45) is 1.80. The van der Waals surface area contributed by atoms with Crippen molar-refractivity contribution in [3.05, 3.63) is 42.6 Å². The summed E-state index contributed by atoms with van der Waals surface area (Å²) in [4.78, 5) is 0. The van der Waals surface area contributed by atoms with Gasteiger partial charge in [-0.25, -0.2) is 0 Å². The summed E-state index contributed by atoms with van der Waals surface area (Å²) in [5.41, 5.74) is 1.26. The van der Waals surface area contributed by atoms with Gasteiger partial charge in [0.1, 0.15) is 5.75 Å². The van der Waals surface area contributed by atoms with Crippen LogP contribution in [0.4, 0.5) is 0 Å². The Morgan fingerprint density at radius 1 is 1.11 bits per heavy atom. The van der Waals surface area contributed by atoms with Crippen molar-refractivity contribution in [1.29, 1.82) is 0 Å². The molecule has 1 N–H and O–H groups in total. The van der Waals surface area contributed by atoms with Crippen molar-refractivity contribution in [2.75, 3.05) is 7.11 Å². The molecule has 2 heterocycles. The molecule has 0 saturated carbocycles. The zero-order valence-corrected chi connectivity index (χ0v) is 9.74. The first-order chi connectivity index (χ1) is 8.81. The van der Waals surface area contributed by atoms with E-state index in [4.69, 9.17) is 4.74 Å². The molecule has 1 aromatic carbocycles. The second kappa shape index (κ2) is 4.03. The number of ether oxygens (including phenoxy) is 1. The van der Waals surface area contributed by atoms with Gasteiger partial charge in [-0.2, -0.15) is 0 Å². The highest BCUT2D eigenvalue weighted by Gasteiger charge is 2.13. The Bertz CT molecular complexity index is 706. The minimum atomic E-state index is 0.103. The predicted molar refractivity (Wildman–Crippen MR) is 66.6 cm³/mol. The number of methoxy groups -OCH3 is 1. The van der Waals surface area contributed by atoms with Crippen LogP contribution in [0, 0.1) is 0 Å². The third-order valence-corrected chi connectivity index (χ3v) is 2.76. The van der Waals surface area contributed by atoms with Gasteiger partial charge in [0.25, 0.3) is 0 Å². The average molecular weight is 241 g/mol. The first-order valence-electron chi connectivity index (χ1n) is 5.47. The van der Waals surface area contributed by atoms with Crippen LogP contribution >= 0.6 is 0 Å². The lowest BCUT2D eigenvalue weighted by Crippen LogP contribution is -1.92. The van der Waals surface area contributed by atoms with E-state index in [9.17, 15) is 5.11 Å². The van der Waals surface area contributed by atoms with Crippen LogP contribution in [0.5, 0.6) is 11.5 Å². The summed E-state index contributed by atoms with van der Waals surface area (Å²) in [6, 6.07) is 10.9. The lowest BCUT2D eigenvalue weighted by atomic mass is 10.2. The van der Waals surface area contributed by atoms with Gasteiger partial charge in [0.15, 0.2) is 11.6 Å². The Balaban J connectivity index is 2.29. The van der Waals surface area contributed by atoms with Crippen molar-refractivity contribution in [2.45, 2.75) is 0 Å². The molecule has 0 amide bonds. The third-order valence-electron chi connectivity index (χ3n) is 2.76. The maximum absolute atomic E-state index is 9.70. The highest BCUT2D eigenvalue weighted by Crippen LogP contribution is 2.29. The molecule has 0 unspecified atom stereocenters. The molecule has 0 atom stereocenters. The molecule has 0 radical (unpaired) electrons. The van der Waals surface area contributed by atoms with Gasteiger partial charge in [-0.15, -0.1) is 10.2 Å². The molecule has 0 bridgehead atoms. The fourth-order valence-corrected chi connectivity index (χ4v) is 1.92. The Labute approximate surface area is 103 Å². The van der Waals surface area contributed by atoms with Crippen LogP contribution in [-0.2, 0) is 0 Å².